The fourth-order valence-corrected chi connectivity index (χ4v) is 2.79. The van der Waals surface area contributed by atoms with Crippen LogP contribution in [0.5, 0.6) is 0 Å². The Morgan fingerprint density at radius 1 is 1.39 bits per heavy atom. The minimum absolute atomic E-state index is 0.00339. The van der Waals surface area contributed by atoms with Crippen molar-refractivity contribution < 1.29 is 14.6 Å². The van der Waals surface area contributed by atoms with Crippen LogP contribution >= 0.6 is 0 Å². The lowest BCUT2D eigenvalue weighted by Crippen LogP contribution is -2.44. The van der Waals surface area contributed by atoms with Crippen molar-refractivity contribution in [3.63, 3.8) is 0 Å². The van der Waals surface area contributed by atoms with Crippen LogP contribution in [0.1, 0.15) is 26.7 Å². The van der Waals surface area contributed by atoms with Gasteiger partial charge in [-0.25, -0.2) is 4.79 Å². The molecule has 1 N–H and O–H groups in total. The monoisotopic (exact) mass is 256 g/mol. The largest absolute Gasteiger partial charge is 0.447 e. The van der Waals surface area contributed by atoms with Crippen molar-refractivity contribution in [1.29, 1.82) is 0 Å². The summed E-state index contributed by atoms with van der Waals surface area (Å²) < 4.78 is 4.99. The van der Waals surface area contributed by atoms with Crippen molar-refractivity contribution in [2.45, 2.75) is 38.8 Å². The first-order chi connectivity index (χ1) is 8.61. The van der Waals surface area contributed by atoms with Crippen LogP contribution in [-0.2, 0) is 4.74 Å². The molecule has 2 aliphatic rings. The summed E-state index contributed by atoms with van der Waals surface area (Å²) in [7, 11) is 0. The summed E-state index contributed by atoms with van der Waals surface area (Å²) in [5.74, 6) is 0.541. The van der Waals surface area contributed by atoms with Gasteiger partial charge in [-0.15, -0.1) is 0 Å². The van der Waals surface area contributed by atoms with Gasteiger partial charge in [0.05, 0.1) is 12.6 Å². The van der Waals surface area contributed by atoms with Crippen LogP contribution in [0.4, 0.5) is 4.79 Å². The van der Waals surface area contributed by atoms with E-state index >= 15 is 0 Å². The maximum atomic E-state index is 11.6. The van der Waals surface area contributed by atoms with Gasteiger partial charge in [-0.3, -0.25) is 4.90 Å². The highest BCUT2D eigenvalue weighted by Gasteiger charge is 2.34. The number of ether oxygens (including phenoxy) is 1. The van der Waals surface area contributed by atoms with Crippen molar-refractivity contribution in [1.82, 2.24) is 9.80 Å². The molecule has 0 aliphatic carbocycles. The topological polar surface area (TPSA) is 53.0 Å². The number of aliphatic hydroxyl groups excluding tert-OH is 1. The summed E-state index contributed by atoms with van der Waals surface area (Å²) in [6, 6.07) is 0.466. The fraction of sp³-hybridized carbons (Fsp3) is 0.923. The highest BCUT2D eigenvalue weighted by atomic mass is 16.6. The van der Waals surface area contributed by atoms with E-state index in [1.165, 1.54) is 0 Å². The van der Waals surface area contributed by atoms with Crippen molar-refractivity contribution in [2.24, 2.45) is 5.92 Å². The fourth-order valence-electron chi connectivity index (χ4n) is 2.79. The highest BCUT2D eigenvalue weighted by molar-refractivity contribution is 5.70. The second-order valence-corrected chi connectivity index (χ2v) is 5.64. The second-order valence-electron chi connectivity index (χ2n) is 5.64. The molecule has 0 saturated carbocycles. The van der Waals surface area contributed by atoms with E-state index < -0.39 is 0 Å². The number of rotatable bonds is 4. The molecule has 104 valence electrons. The number of carbonyl (C=O) groups is 1. The van der Waals surface area contributed by atoms with Gasteiger partial charge >= 0.3 is 6.09 Å². The zero-order valence-electron chi connectivity index (χ0n) is 11.3. The maximum absolute atomic E-state index is 11.6. The lowest BCUT2D eigenvalue weighted by Gasteiger charge is -2.36. The number of piperidine rings is 1. The average Bonchev–Trinajstić information content (AvgIpc) is 2.71. The molecule has 1 atom stereocenters. The molecule has 0 aromatic heterocycles. The molecule has 0 spiro atoms. The normalized spacial score (nSPS) is 27.0. The Kier molecular flexibility index (Phi) is 4.45. The Bertz CT molecular complexity index is 288. The highest BCUT2D eigenvalue weighted by Crippen LogP contribution is 2.23. The SMILES string of the molecule is CC(C)N1CCC(CN2C(=O)OCC2CO)CC1. The van der Waals surface area contributed by atoms with E-state index in [2.05, 4.69) is 18.7 Å². The molecule has 2 heterocycles. The number of amides is 1. The Morgan fingerprint density at radius 3 is 2.61 bits per heavy atom. The third-order valence-corrected chi connectivity index (χ3v) is 4.12. The van der Waals surface area contributed by atoms with Crippen LogP contribution in [0.3, 0.4) is 0 Å². The van der Waals surface area contributed by atoms with Gasteiger partial charge in [0.2, 0.25) is 0 Å². The Labute approximate surface area is 109 Å². The third kappa shape index (κ3) is 2.95. The smallest absolute Gasteiger partial charge is 0.410 e. The Balaban J connectivity index is 1.82. The molecule has 2 saturated heterocycles. The number of aliphatic hydroxyl groups is 1. The summed E-state index contributed by atoms with van der Waals surface area (Å²) in [5, 5.41) is 9.22. The first kappa shape index (κ1) is 13.6. The first-order valence-corrected chi connectivity index (χ1v) is 6.90. The van der Waals surface area contributed by atoms with Crippen molar-refractivity contribution in [3.05, 3.63) is 0 Å². The van der Waals surface area contributed by atoms with Crippen molar-refractivity contribution in [3.8, 4) is 0 Å². The Morgan fingerprint density at radius 2 is 2.06 bits per heavy atom. The molecule has 5 heteroatoms. The molecular weight excluding hydrogens is 232 g/mol. The van der Waals surface area contributed by atoms with Gasteiger partial charge in [-0.2, -0.15) is 0 Å². The molecular formula is C13H24N2O3. The van der Waals surface area contributed by atoms with Gasteiger partial charge in [0.15, 0.2) is 0 Å². The van der Waals surface area contributed by atoms with Crippen LogP contribution in [0.2, 0.25) is 0 Å². The number of hydrogen-bond donors (Lipinski definition) is 1. The number of nitrogens with zero attached hydrogens (tertiary/aromatic N) is 2. The van der Waals surface area contributed by atoms with Gasteiger partial charge in [0.1, 0.15) is 6.61 Å². The predicted octanol–water partition coefficient (Wildman–Crippen LogP) is 0.920. The van der Waals surface area contributed by atoms with E-state index in [4.69, 9.17) is 4.74 Å². The summed E-state index contributed by atoms with van der Waals surface area (Å²) >= 11 is 0. The molecule has 0 bridgehead atoms. The quantitative estimate of drug-likeness (QED) is 0.812. The van der Waals surface area contributed by atoms with Crippen LogP contribution in [0.25, 0.3) is 0 Å². The summed E-state index contributed by atoms with van der Waals surface area (Å²) in [5.41, 5.74) is 0. The molecule has 2 fully saturated rings. The summed E-state index contributed by atoms with van der Waals surface area (Å²) in [6.45, 7) is 7.72. The van der Waals surface area contributed by atoms with Crippen molar-refractivity contribution >= 4 is 6.09 Å². The molecule has 1 unspecified atom stereocenters. The lowest BCUT2D eigenvalue weighted by atomic mass is 9.95. The number of hydrogen-bond acceptors (Lipinski definition) is 4. The minimum Gasteiger partial charge on any atom is -0.447 e. The van der Waals surface area contributed by atoms with Crippen LogP contribution in [0, 0.1) is 5.92 Å². The Hall–Kier alpha value is -0.810. The average molecular weight is 256 g/mol. The van der Waals surface area contributed by atoms with E-state index in [0.29, 0.717) is 18.6 Å². The third-order valence-electron chi connectivity index (χ3n) is 4.12. The number of likely N-dealkylation sites (tertiary alicyclic amines) is 1. The van der Waals surface area contributed by atoms with Gasteiger partial charge in [-0.1, -0.05) is 0 Å². The first-order valence-electron chi connectivity index (χ1n) is 6.90. The van der Waals surface area contributed by atoms with E-state index in [1.54, 1.807) is 4.90 Å². The molecule has 2 rings (SSSR count). The molecule has 2 aliphatic heterocycles. The summed E-state index contributed by atoms with van der Waals surface area (Å²) in [4.78, 5) is 15.8. The van der Waals surface area contributed by atoms with Crippen LogP contribution in [-0.4, -0.2) is 65.9 Å². The van der Waals surface area contributed by atoms with E-state index in [9.17, 15) is 9.90 Å². The summed E-state index contributed by atoms with van der Waals surface area (Å²) in [6.07, 6.45) is 1.99. The van der Waals surface area contributed by atoms with E-state index in [1.807, 2.05) is 0 Å². The van der Waals surface area contributed by atoms with E-state index in [0.717, 1.165) is 32.5 Å². The molecule has 18 heavy (non-hydrogen) atoms. The zero-order chi connectivity index (χ0) is 13.1. The number of cyclic esters (lactones) is 1. The van der Waals surface area contributed by atoms with Gasteiger partial charge in [-0.05, 0) is 45.7 Å². The molecule has 0 radical (unpaired) electrons. The number of carbonyl (C=O) groups excluding carboxylic acids is 1. The minimum atomic E-state index is -0.264. The zero-order valence-corrected chi connectivity index (χ0v) is 11.3. The van der Waals surface area contributed by atoms with Crippen LogP contribution < -0.4 is 0 Å². The predicted molar refractivity (Wildman–Crippen MR) is 68.4 cm³/mol. The maximum Gasteiger partial charge on any atom is 0.410 e. The van der Waals surface area contributed by atoms with Crippen LogP contribution in [0.15, 0.2) is 0 Å². The molecule has 1 amide bonds. The molecule has 0 aromatic carbocycles. The molecule has 0 aromatic rings. The van der Waals surface area contributed by atoms with Crippen molar-refractivity contribution in [2.75, 3.05) is 32.8 Å². The lowest BCUT2D eigenvalue weighted by molar-refractivity contribution is 0.109. The van der Waals surface area contributed by atoms with E-state index in [-0.39, 0.29) is 18.7 Å². The van der Waals surface area contributed by atoms with Gasteiger partial charge < -0.3 is 14.7 Å². The molecule has 5 nitrogen and oxygen atoms in total. The standard InChI is InChI=1S/C13H24N2O3/c1-10(2)14-5-3-11(4-6-14)7-15-12(8-16)9-18-13(15)17/h10-12,16H,3-9H2,1-2H3. The second kappa shape index (κ2) is 5.89. The van der Waals surface area contributed by atoms with Gasteiger partial charge in [0, 0.05) is 12.6 Å². The van der Waals surface area contributed by atoms with Gasteiger partial charge in [0.25, 0.3) is 0 Å².